The van der Waals surface area contributed by atoms with Crippen LogP contribution in [0.1, 0.15) is 25.7 Å². The standard InChI is InChI=1S/C16H26NO7P/c1-21-25(19,20)24-11-10-22-9-8-17-16(18)23-12-15-13-6-4-2-3-5-7-14(13)15/h13-15H,4-12H2,1H3,(H,17,18)(H,19,20)/t13-,14+,15?. The summed E-state index contributed by atoms with van der Waals surface area (Å²) in [4.78, 5) is 20.6. The van der Waals surface area contributed by atoms with Crippen molar-refractivity contribution in [3.63, 3.8) is 0 Å². The first-order valence-corrected chi connectivity index (χ1v) is 10.00. The van der Waals surface area contributed by atoms with E-state index in [1.165, 1.54) is 0 Å². The second kappa shape index (κ2) is 10.1. The predicted octanol–water partition coefficient (Wildman–Crippen LogP) is 1.93. The van der Waals surface area contributed by atoms with E-state index >= 15 is 0 Å². The number of phosphoric acid groups is 1. The van der Waals surface area contributed by atoms with E-state index in [4.69, 9.17) is 14.4 Å². The monoisotopic (exact) mass is 375 g/mol. The lowest BCUT2D eigenvalue weighted by Crippen LogP contribution is -2.29. The van der Waals surface area contributed by atoms with Crippen molar-refractivity contribution in [2.75, 3.05) is 40.1 Å². The Hall–Kier alpha value is -1.10. The molecule has 2 unspecified atom stereocenters. The number of alkyl carbamates (subject to hydrolysis) is 1. The van der Waals surface area contributed by atoms with Crippen molar-refractivity contribution in [2.45, 2.75) is 25.7 Å². The van der Waals surface area contributed by atoms with Gasteiger partial charge in [0.25, 0.3) is 0 Å². The Morgan fingerprint density at radius 1 is 1.20 bits per heavy atom. The highest BCUT2D eigenvalue weighted by molar-refractivity contribution is 7.47. The lowest BCUT2D eigenvalue weighted by Gasteiger charge is -2.10. The van der Waals surface area contributed by atoms with Crippen LogP contribution in [0.5, 0.6) is 0 Å². The summed E-state index contributed by atoms with van der Waals surface area (Å²) in [5.41, 5.74) is 0. The number of ether oxygens (including phenoxy) is 2. The normalized spacial score (nSPS) is 26.9. The summed E-state index contributed by atoms with van der Waals surface area (Å²) in [6.07, 6.45) is 3.65. The summed E-state index contributed by atoms with van der Waals surface area (Å²) in [6, 6.07) is 0. The molecule has 0 bridgehead atoms. The van der Waals surface area contributed by atoms with Gasteiger partial charge in [-0.3, -0.25) is 9.05 Å². The molecule has 0 radical (unpaired) electrons. The molecular weight excluding hydrogens is 349 g/mol. The number of nitrogens with one attached hydrogen (secondary N) is 1. The van der Waals surface area contributed by atoms with Crippen molar-refractivity contribution in [2.24, 2.45) is 17.8 Å². The molecule has 1 fully saturated rings. The Morgan fingerprint density at radius 3 is 2.52 bits per heavy atom. The smallest absolute Gasteiger partial charge is 0.449 e. The van der Waals surface area contributed by atoms with Crippen LogP contribution in [0, 0.1) is 29.6 Å². The molecule has 0 aliphatic heterocycles. The van der Waals surface area contributed by atoms with Crippen LogP contribution in [-0.2, 0) is 23.1 Å². The summed E-state index contributed by atoms with van der Waals surface area (Å²) in [5.74, 6) is 8.10. The van der Waals surface area contributed by atoms with Gasteiger partial charge in [0, 0.05) is 26.5 Å². The largest absolute Gasteiger partial charge is 0.471 e. The topological polar surface area (TPSA) is 103 Å². The fourth-order valence-corrected chi connectivity index (χ4v) is 3.51. The van der Waals surface area contributed by atoms with Gasteiger partial charge >= 0.3 is 13.9 Å². The molecule has 1 saturated carbocycles. The molecule has 0 heterocycles. The fourth-order valence-electron chi connectivity index (χ4n) is 3.10. The third-order valence-electron chi connectivity index (χ3n) is 4.47. The molecule has 0 aromatic heterocycles. The van der Waals surface area contributed by atoms with Gasteiger partial charge in [0.15, 0.2) is 0 Å². The van der Waals surface area contributed by atoms with Crippen molar-refractivity contribution >= 4 is 13.9 Å². The first-order chi connectivity index (χ1) is 12.0. The highest BCUT2D eigenvalue weighted by Crippen LogP contribution is 2.52. The zero-order valence-corrected chi connectivity index (χ0v) is 15.3. The molecule has 142 valence electrons. The van der Waals surface area contributed by atoms with Gasteiger partial charge in [0.05, 0.1) is 26.4 Å². The average Bonchev–Trinajstić information content (AvgIpc) is 3.21. The second-order valence-corrected chi connectivity index (χ2v) is 7.60. The molecule has 0 aromatic rings. The maximum absolute atomic E-state index is 11.7. The molecule has 4 atom stereocenters. The zero-order valence-electron chi connectivity index (χ0n) is 14.4. The van der Waals surface area contributed by atoms with Gasteiger partial charge in [-0.05, 0) is 30.6 Å². The number of rotatable bonds is 10. The van der Waals surface area contributed by atoms with Crippen molar-refractivity contribution in [1.29, 1.82) is 0 Å². The van der Waals surface area contributed by atoms with Crippen molar-refractivity contribution in [3.8, 4) is 11.8 Å². The molecule has 2 aliphatic carbocycles. The minimum absolute atomic E-state index is 0.0692. The van der Waals surface area contributed by atoms with E-state index in [1.807, 2.05) is 0 Å². The molecule has 0 saturated heterocycles. The van der Waals surface area contributed by atoms with E-state index in [0.717, 1.165) is 32.8 Å². The second-order valence-electron chi connectivity index (χ2n) is 6.04. The van der Waals surface area contributed by atoms with Crippen LogP contribution in [0.2, 0.25) is 0 Å². The summed E-state index contributed by atoms with van der Waals surface area (Å²) in [7, 11) is -2.86. The summed E-state index contributed by atoms with van der Waals surface area (Å²) in [5, 5.41) is 2.61. The zero-order chi connectivity index (χ0) is 18.1. The van der Waals surface area contributed by atoms with Crippen LogP contribution in [0.25, 0.3) is 0 Å². The molecule has 0 aromatic carbocycles. The highest BCUT2D eigenvalue weighted by atomic mass is 31.2. The van der Waals surface area contributed by atoms with Crippen LogP contribution in [0.15, 0.2) is 0 Å². The molecule has 0 spiro atoms. The molecule has 8 nitrogen and oxygen atoms in total. The van der Waals surface area contributed by atoms with Gasteiger partial charge in [-0.2, -0.15) is 0 Å². The van der Waals surface area contributed by atoms with E-state index in [9.17, 15) is 9.36 Å². The minimum atomic E-state index is -3.95. The van der Waals surface area contributed by atoms with Gasteiger partial charge in [-0.1, -0.05) is 0 Å². The lowest BCUT2D eigenvalue weighted by atomic mass is 10.1. The molecule has 2 N–H and O–H groups in total. The summed E-state index contributed by atoms with van der Waals surface area (Å²) in [6.45, 7) is 1.06. The van der Waals surface area contributed by atoms with Crippen LogP contribution in [0.3, 0.4) is 0 Å². The molecule has 2 aliphatic rings. The van der Waals surface area contributed by atoms with Gasteiger partial charge in [-0.25, -0.2) is 9.36 Å². The molecule has 2 rings (SSSR count). The van der Waals surface area contributed by atoms with Crippen molar-refractivity contribution in [1.82, 2.24) is 5.32 Å². The Kier molecular flexibility index (Phi) is 8.20. The Labute approximate surface area is 148 Å². The number of amides is 1. The van der Waals surface area contributed by atoms with Crippen molar-refractivity contribution < 1.29 is 32.8 Å². The van der Waals surface area contributed by atoms with Crippen LogP contribution < -0.4 is 5.32 Å². The number of carbonyl (C=O) groups excluding carboxylic acids is 1. The van der Waals surface area contributed by atoms with E-state index in [2.05, 4.69) is 26.2 Å². The maximum Gasteiger partial charge on any atom is 0.471 e. The van der Waals surface area contributed by atoms with E-state index in [1.54, 1.807) is 0 Å². The summed E-state index contributed by atoms with van der Waals surface area (Å²) >= 11 is 0. The number of phosphoric ester groups is 1. The minimum Gasteiger partial charge on any atom is -0.449 e. The molecule has 9 heteroatoms. The molecule has 1 amide bonds. The van der Waals surface area contributed by atoms with E-state index in [0.29, 0.717) is 30.9 Å². The molecule has 25 heavy (non-hydrogen) atoms. The van der Waals surface area contributed by atoms with E-state index < -0.39 is 13.9 Å². The Balaban J connectivity index is 1.45. The van der Waals surface area contributed by atoms with Crippen LogP contribution >= 0.6 is 7.82 Å². The van der Waals surface area contributed by atoms with Gasteiger partial charge in [0.1, 0.15) is 0 Å². The quantitative estimate of drug-likeness (QED) is 0.342. The number of carbonyl (C=O) groups is 1. The number of hydrogen-bond donors (Lipinski definition) is 2. The lowest BCUT2D eigenvalue weighted by molar-refractivity contribution is 0.0807. The first kappa shape index (κ1) is 20.2. The highest BCUT2D eigenvalue weighted by Gasteiger charge is 2.49. The SMILES string of the molecule is COP(=O)(O)OCCOCCNC(=O)OCC1[C@H]2CCC#CCC[C@@H]12. The number of fused-ring (bicyclic) bond motifs is 1. The summed E-state index contributed by atoms with van der Waals surface area (Å²) < 4.78 is 30.3. The van der Waals surface area contributed by atoms with Crippen molar-refractivity contribution in [3.05, 3.63) is 0 Å². The Bertz CT molecular complexity index is 526. The van der Waals surface area contributed by atoms with Crippen LogP contribution in [0.4, 0.5) is 4.79 Å². The van der Waals surface area contributed by atoms with Gasteiger partial charge in [-0.15, -0.1) is 11.8 Å². The predicted molar refractivity (Wildman–Crippen MR) is 89.7 cm³/mol. The first-order valence-electron chi connectivity index (χ1n) is 8.50. The fraction of sp³-hybridized carbons (Fsp3) is 0.812. The van der Waals surface area contributed by atoms with Crippen LogP contribution in [-0.4, -0.2) is 51.1 Å². The third-order valence-corrected chi connectivity index (χ3v) is 5.45. The van der Waals surface area contributed by atoms with Gasteiger partial charge in [0.2, 0.25) is 0 Å². The van der Waals surface area contributed by atoms with Gasteiger partial charge < -0.3 is 19.7 Å². The van der Waals surface area contributed by atoms with E-state index in [-0.39, 0.29) is 19.8 Å². The average molecular weight is 375 g/mol. The number of hydrogen-bond acceptors (Lipinski definition) is 6. The molecular formula is C16H26NO7P. The maximum atomic E-state index is 11.7. The Morgan fingerprint density at radius 2 is 1.88 bits per heavy atom. The third kappa shape index (κ3) is 7.35.